The van der Waals surface area contributed by atoms with Crippen molar-refractivity contribution in [1.82, 2.24) is 0 Å². The highest BCUT2D eigenvalue weighted by atomic mass is 79.9. The maximum absolute atomic E-state index is 10.3. The first-order valence-electron chi connectivity index (χ1n) is 5.81. The summed E-state index contributed by atoms with van der Waals surface area (Å²) in [5.41, 5.74) is 0.935. The van der Waals surface area contributed by atoms with Crippen LogP contribution in [-0.2, 0) is 4.74 Å². The van der Waals surface area contributed by atoms with Crippen LogP contribution in [0.3, 0.4) is 0 Å². The van der Waals surface area contributed by atoms with Crippen molar-refractivity contribution in [2.24, 2.45) is 5.92 Å². The average molecular weight is 301 g/mol. The zero-order valence-electron chi connectivity index (χ0n) is 9.86. The van der Waals surface area contributed by atoms with E-state index in [-0.39, 0.29) is 0 Å². The van der Waals surface area contributed by atoms with Crippen LogP contribution in [0, 0.1) is 5.92 Å². The van der Waals surface area contributed by atoms with Crippen LogP contribution in [0.2, 0.25) is 0 Å². The SMILES string of the molecule is COc1ccc(C(O)C2CCOCC2)cc1Br. The van der Waals surface area contributed by atoms with Gasteiger partial charge in [0.15, 0.2) is 0 Å². The highest BCUT2D eigenvalue weighted by Crippen LogP contribution is 2.34. The standard InChI is InChI=1S/C13H17BrO3/c1-16-12-3-2-10(8-11(12)14)13(15)9-4-6-17-7-5-9/h2-3,8-9,13,15H,4-7H2,1H3. The van der Waals surface area contributed by atoms with Crippen molar-refractivity contribution >= 4 is 15.9 Å². The summed E-state index contributed by atoms with van der Waals surface area (Å²) in [5.74, 6) is 1.08. The van der Waals surface area contributed by atoms with Crippen LogP contribution in [0.15, 0.2) is 22.7 Å². The van der Waals surface area contributed by atoms with E-state index in [0.29, 0.717) is 5.92 Å². The molecule has 1 aromatic carbocycles. The molecule has 0 aliphatic carbocycles. The molecule has 0 radical (unpaired) electrons. The van der Waals surface area contributed by atoms with Crippen molar-refractivity contribution in [1.29, 1.82) is 0 Å². The lowest BCUT2D eigenvalue weighted by molar-refractivity contribution is 0.00715. The number of hydrogen-bond acceptors (Lipinski definition) is 3. The maximum Gasteiger partial charge on any atom is 0.133 e. The molecule has 1 aliphatic heterocycles. The molecular weight excluding hydrogens is 284 g/mol. The summed E-state index contributed by atoms with van der Waals surface area (Å²) in [7, 11) is 1.63. The third kappa shape index (κ3) is 3.00. The molecule has 1 heterocycles. The van der Waals surface area contributed by atoms with E-state index in [1.807, 2.05) is 18.2 Å². The van der Waals surface area contributed by atoms with Gasteiger partial charge in [0, 0.05) is 13.2 Å². The topological polar surface area (TPSA) is 38.7 Å². The average Bonchev–Trinajstić information content (AvgIpc) is 2.39. The Morgan fingerprint density at radius 1 is 1.41 bits per heavy atom. The van der Waals surface area contributed by atoms with Crippen LogP contribution >= 0.6 is 15.9 Å². The van der Waals surface area contributed by atoms with E-state index in [1.54, 1.807) is 7.11 Å². The molecule has 1 N–H and O–H groups in total. The molecule has 1 saturated heterocycles. The molecule has 1 atom stereocenters. The molecule has 0 saturated carbocycles. The third-order valence-corrected chi connectivity index (χ3v) is 3.85. The van der Waals surface area contributed by atoms with Gasteiger partial charge in [-0.05, 0) is 52.4 Å². The van der Waals surface area contributed by atoms with Crippen molar-refractivity contribution in [2.75, 3.05) is 20.3 Å². The van der Waals surface area contributed by atoms with E-state index >= 15 is 0 Å². The molecule has 0 amide bonds. The number of aliphatic hydroxyl groups excluding tert-OH is 1. The van der Waals surface area contributed by atoms with Crippen molar-refractivity contribution in [2.45, 2.75) is 18.9 Å². The van der Waals surface area contributed by atoms with Crippen LogP contribution in [0.25, 0.3) is 0 Å². The molecule has 1 aromatic rings. The summed E-state index contributed by atoms with van der Waals surface area (Å²) in [6, 6.07) is 5.73. The van der Waals surface area contributed by atoms with E-state index in [9.17, 15) is 5.11 Å². The lowest BCUT2D eigenvalue weighted by atomic mass is 9.89. The van der Waals surface area contributed by atoms with Crippen LogP contribution < -0.4 is 4.74 Å². The summed E-state index contributed by atoms with van der Waals surface area (Å²) < 4.78 is 11.4. The minimum absolute atomic E-state index is 0.295. The molecule has 0 spiro atoms. The van der Waals surface area contributed by atoms with Crippen molar-refractivity contribution in [3.05, 3.63) is 28.2 Å². The Morgan fingerprint density at radius 3 is 2.71 bits per heavy atom. The van der Waals surface area contributed by atoms with Crippen molar-refractivity contribution in [3.8, 4) is 5.75 Å². The first-order valence-corrected chi connectivity index (χ1v) is 6.61. The number of aliphatic hydroxyl groups is 1. The highest BCUT2D eigenvalue weighted by Gasteiger charge is 2.23. The Labute approximate surface area is 110 Å². The Morgan fingerprint density at radius 2 is 2.12 bits per heavy atom. The minimum Gasteiger partial charge on any atom is -0.496 e. The van der Waals surface area contributed by atoms with E-state index in [1.165, 1.54) is 0 Å². The smallest absolute Gasteiger partial charge is 0.133 e. The first kappa shape index (κ1) is 12.9. The van der Waals surface area contributed by atoms with Gasteiger partial charge in [-0.1, -0.05) is 6.07 Å². The molecule has 0 bridgehead atoms. The highest BCUT2D eigenvalue weighted by molar-refractivity contribution is 9.10. The molecule has 1 aliphatic rings. The molecule has 4 heteroatoms. The largest absolute Gasteiger partial charge is 0.496 e. The zero-order chi connectivity index (χ0) is 12.3. The monoisotopic (exact) mass is 300 g/mol. The molecule has 3 nitrogen and oxygen atoms in total. The maximum atomic E-state index is 10.3. The lowest BCUT2D eigenvalue weighted by Crippen LogP contribution is -2.21. The summed E-state index contributed by atoms with van der Waals surface area (Å²) in [6.45, 7) is 1.50. The van der Waals surface area contributed by atoms with Crippen molar-refractivity contribution in [3.63, 3.8) is 0 Å². The summed E-state index contributed by atoms with van der Waals surface area (Å²) in [5, 5.41) is 10.3. The third-order valence-electron chi connectivity index (χ3n) is 3.23. The van der Waals surface area contributed by atoms with Crippen LogP contribution in [-0.4, -0.2) is 25.4 Å². The van der Waals surface area contributed by atoms with E-state index < -0.39 is 6.10 Å². The lowest BCUT2D eigenvalue weighted by Gasteiger charge is -2.27. The Balaban J connectivity index is 2.12. The zero-order valence-corrected chi connectivity index (χ0v) is 11.4. The Bertz CT molecular complexity index is 375. The summed E-state index contributed by atoms with van der Waals surface area (Å²) in [6.07, 6.45) is 1.43. The fraction of sp³-hybridized carbons (Fsp3) is 0.538. The number of methoxy groups -OCH3 is 1. The normalized spacial score (nSPS) is 19.0. The van der Waals surface area contributed by atoms with Gasteiger partial charge < -0.3 is 14.6 Å². The molecule has 0 aromatic heterocycles. The van der Waals surface area contributed by atoms with Crippen LogP contribution in [0.1, 0.15) is 24.5 Å². The van der Waals surface area contributed by atoms with Crippen LogP contribution in [0.5, 0.6) is 5.75 Å². The molecule has 1 unspecified atom stereocenters. The van der Waals surface area contributed by atoms with Crippen molar-refractivity contribution < 1.29 is 14.6 Å². The molecule has 1 fully saturated rings. The number of rotatable bonds is 3. The second-order valence-electron chi connectivity index (χ2n) is 4.29. The summed E-state index contributed by atoms with van der Waals surface area (Å²) in [4.78, 5) is 0. The van der Waals surface area contributed by atoms with Gasteiger partial charge in [0.25, 0.3) is 0 Å². The minimum atomic E-state index is -0.416. The van der Waals surface area contributed by atoms with Gasteiger partial charge in [0.2, 0.25) is 0 Å². The number of hydrogen-bond donors (Lipinski definition) is 1. The van der Waals surface area contributed by atoms with Gasteiger partial charge in [0.1, 0.15) is 5.75 Å². The number of benzene rings is 1. The van der Waals surface area contributed by atoms with Gasteiger partial charge >= 0.3 is 0 Å². The van der Waals surface area contributed by atoms with Gasteiger partial charge in [-0.15, -0.1) is 0 Å². The Hall–Kier alpha value is -0.580. The van der Waals surface area contributed by atoms with E-state index in [0.717, 1.165) is 41.8 Å². The van der Waals surface area contributed by atoms with Crippen LogP contribution in [0.4, 0.5) is 0 Å². The second-order valence-corrected chi connectivity index (χ2v) is 5.14. The fourth-order valence-corrected chi connectivity index (χ4v) is 2.73. The summed E-state index contributed by atoms with van der Waals surface area (Å²) >= 11 is 3.44. The number of ether oxygens (including phenoxy) is 2. The number of halogens is 1. The molecule has 94 valence electrons. The second kappa shape index (κ2) is 5.85. The predicted molar refractivity (Wildman–Crippen MR) is 69.2 cm³/mol. The molecule has 2 rings (SSSR count). The first-order chi connectivity index (χ1) is 8.22. The predicted octanol–water partition coefficient (Wildman–Crippen LogP) is 2.92. The van der Waals surface area contributed by atoms with E-state index in [4.69, 9.17) is 9.47 Å². The van der Waals surface area contributed by atoms with Gasteiger partial charge in [0.05, 0.1) is 17.7 Å². The van der Waals surface area contributed by atoms with E-state index in [2.05, 4.69) is 15.9 Å². The van der Waals surface area contributed by atoms with Gasteiger partial charge in [-0.3, -0.25) is 0 Å². The van der Waals surface area contributed by atoms with Gasteiger partial charge in [-0.2, -0.15) is 0 Å². The molecular formula is C13H17BrO3. The molecule has 17 heavy (non-hydrogen) atoms. The quantitative estimate of drug-likeness (QED) is 0.933. The fourth-order valence-electron chi connectivity index (χ4n) is 2.17. The Kier molecular flexibility index (Phi) is 4.42. The van der Waals surface area contributed by atoms with Gasteiger partial charge in [-0.25, -0.2) is 0 Å².